The lowest BCUT2D eigenvalue weighted by Gasteiger charge is -2.32. The molecule has 8 heteroatoms. The third-order valence-electron chi connectivity index (χ3n) is 3.71. The summed E-state index contributed by atoms with van der Waals surface area (Å²) in [5, 5.41) is 0. The molecule has 2 fully saturated rings. The highest BCUT2D eigenvalue weighted by Crippen LogP contribution is 2.23. The van der Waals surface area contributed by atoms with Gasteiger partial charge in [0, 0.05) is 26.7 Å². The van der Waals surface area contributed by atoms with Gasteiger partial charge in [-0.25, -0.2) is 8.42 Å². The van der Waals surface area contributed by atoms with Gasteiger partial charge in [-0.15, -0.1) is 0 Å². The van der Waals surface area contributed by atoms with E-state index in [0.717, 1.165) is 6.42 Å². The SMILES string of the molecule is COCCS(=O)(=O)N1CCC[C@@H]1C(=O)N1CCOCC1. The van der Waals surface area contributed by atoms with Gasteiger partial charge in [-0.1, -0.05) is 0 Å². The molecule has 20 heavy (non-hydrogen) atoms. The van der Waals surface area contributed by atoms with E-state index in [9.17, 15) is 13.2 Å². The summed E-state index contributed by atoms with van der Waals surface area (Å²) < 4.78 is 35.9. The molecule has 2 rings (SSSR count). The average molecular weight is 306 g/mol. The van der Waals surface area contributed by atoms with Crippen LogP contribution in [0.25, 0.3) is 0 Å². The maximum Gasteiger partial charge on any atom is 0.241 e. The Morgan fingerprint density at radius 3 is 2.65 bits per heavy atom. The highest BCUT2D eigenvalue weighted by molar-refractivity contribution is 7.89. The van der Waals surface area contributed by atoms with Crippen LogP contribution >= 0.6 is 0 Å². The first-order valence-corrected chi connectivity index (χ1v) is 8.52. The Kier molecular flexibility index (Phi) is 5.36. The normalized spacial score (nSPS) is 25.1. The molecule has 7 nitrogen and oxygen atoms in total. The Hall–Kier alpha value is -0.700. The van der Waals surface area contributed by atoms with Gasteiger partial charge in [0.1, 0.15) is 6.04 Å². The topological polar surface area (TPSA) is 76.2 Å². The Morgan fingerprint density at radius 2 is 2.00 bits per heavy atom. The van der Waals surface area contributed by atoms with Gasteiger partial charge in [0.25, 0.3) is 0 Å². The molecule has 1 amide bonds. The minimum atomic E-state index is -3.43. The molecule has 0 aromatic carbocycles. The van der Waals surface area contributed by atoms with Crippen LogP contribution in [0.15, 0.2) is 0 Å². The third-order valence-corrected chi connectivity index (χ3v) is 5.55. The number of carbonyl (C=O) groups is 1. The van der Waals surface area contributed by atoms with Crippen molar-refractivity contribution in [1.29, 1.82) is 0 Å². The van der Waals surface area contributed by atoms with Crippen molar-refractivity contribution in [2.45, 2.75) is 18.9 Å². The average Bonchev–Trinajstić information content (AvgIpc) is 2.95. The summed E-state index contributed by atoms with van der Waals surface area (Å²) in [5.74, 6) is -0.164. The number of methoxy groups -OCH3 is 1. The van der Waals surface area contributed by atoms with Crippen molar-refractivity contribution in [1.82, 2.24) is 9.21 Å². The Bertz CT molecular complexity index is 433. The molecule has 0 bridgehead atoms. The van der Waals surface area contributed by atoms with E-state index in [0.29, 0.717) is 39.3 Å². The summed E-state index contributed by atoms with van der Waals surface area (Å²) in [6.07, 6.45) is 1.33. The number of morpholine rings is 1. The van der Waals surface area contributed by atoms with Crippen LogP contribution in [0.5, 0.6) is 0 Å². The van der Waals surface area contributed by atoms with Crippen LogP contribution < -0.4 is 0 Å². The number of hydrogen-bond donors (Lipinski definition) is 0. The molecule has 2 saturated heterocycles. The summed E-state index contributed by atoms with van der Waals surface area (Å²) in [6.45, 7) is 2.70. The molecule has 0 N–H and O–H groups in total. The molecular weight excluding hydrogens is 284 g/mol. The number of sulfonamides is 1. The summed E-state index contributed by atoms with van der Waals surface area (Å²) >= 11 is 0. The minimum Gasteiger partial charge on any atom is -0.384 e. The van der Waals surface area contributed by atoms with Crippen LogP contribution in [0.2, 0.25) is 0 Å². The van der Waals surface area contributed by atoms with Crippen molar-refractivity contribution in [2.24, 2.45) is 0 Å². The second-order valence-corrected chi connectivity index (χ2v) is 7.06. The van der Waals surface area contributed by atoms with E-state index in [1.165, 1.54) is 11.4 Å². The molecule has 2 heterocycles. The van der Waals surface area contributed by atoms with Gasteiger partial charge in [-0.05, 0) is 12.8 Å². The summed E-state index contributed by atoms with van der Waals surface area (Å²) in [4.78, 5) is 14.2. The molecule has 0 spiro atoms. The fourth-order valence-electron chi connectivity index (χ4n) is 2.62. The molecule has 0 aromatic heterocycles. The van der Waals surface area contributed by atoms with Gasteiger partial charge in [-0.3, -0.25) is 4.79 Å². The summed E-state index contributed by atoms with van der Waals surface area (Å²) in [7, 11) is -1.96. The first-order chi connectivity index (χ1) is 9.56. The molecule has 2 aliphatic rings. The second kappa shape index (κ2) is 6.84. The predicted octanol–water partition coefficient (Wildman–Crippen LogP) is -0.714. The maximum atomic E-state index is 12.5. The van der Waals surface area contributed by atoms with Crippen LogP contribution in [-0.2, 0) is 24.3 Å². The lowest BCUT2D eigenvalue weighted by Crippen LogP contribution is -2.51. The fraction of sp³-hybridized carbons (Fsp3) is 0.917. The quantitative estimate of drug-likeness (QED) is 0.670. The first kappa shape index (κ1) is 15.7. The highest BCUT2D eigenvalue weighted by atomic mass is 32.2. The van der Waals surface area contributed by atoms with E-state index in [2.05, 4.69) is 0 Å². The zero-order valence-electron chi connectivity index (χ0n) is 11.8. The molecule has 1 atom stereocenters. The van der Waals surface area contributed by atoms with Crippen molar-refractivity contribution in [3.8, 4) is 0 Å². The van der Waals surface area contributed by atoms with Crippen LogP contribution in [0.1, 0.15) is 12.8 Å². The first-order valence-electron chi connectivity index (χ1n) is 6.91. The maximum absolute atomic E-state index is 12.5. The van der Waals surface area contributed by atoms with Gasteiger partial charge in [0.05, 0.1) is 25.6 Å². The molecule has 0 saturated carbocycles. The molecule has 0 aliphatic carbocycles. The Morgan fingerprint density at radius 1 is 1.30 bits per heavy atom. The number of hydrogen-bond acceptors (Lipinski definition) is 5. The van der Waals surface area contributed by atoms with E-state index in [1.807, 2.05) is 0 Å². The lowest BCUT2D eigenvalue weighted by molar-refractivity contribution is -0.138. The molecular formula is C12H22N2O5S. The van der Waals surface area contributed by atoms with Gasteiger partial charge in [0.2, 0.25) is 15.9 Å². The van der Waals surface area contributed by atoms with Crippen LogP contribution in [-0.4, -0.2) is 81.9 Å². The van der Waals surface area contributed by atoms with Crippen LogP contribution in [0.4, 0.5) is 0 Å². The van der Waals surface area contributed by atoms with Crippen LogP contribution in [0.3, 0.4) is 0 Å². The van der Waals surface area contributed by atoms with E-state index >= 15 is 0 Å². The smallest absolute Gasteiger partial charge is 0.241 e. The standard InChI is InChI=1S/C12H22N2O5S/c1-18-9-10-20(16,17)14-4-2-3-11(14)12(15)13-5-7-19-8-6-13/h11H,2-10H2,1H3/t11-/m1/s1. The fourth-order valence-corrected chi connectivity index (χ4v) is 4.22. The summed E-state index contributed by atoms with van der Waals surface area (Å²) in [5.41, 5.74) is 0. The number of rotatable bonds is 5. The molecule has 0 unspecified atom stereocenters. The number of ether oxygens (including phenoxy) is 2. The van der Waals surface area contributed by atoms with Crippen LogP contribution in [0, 0.1) is 0 Å². The van der Waals surface area contributed by atoms with Gasteiger partial charge in [0.15, 0.2) is 0 Å². The van der Waals surface area contributed by atoms with Crippen molar-refractivity contribution in [3.63, 3.8) is 0 Å². The number of carbonyl (C=O) groups excluding carboxylic acids is 1. The van der Waals surface area contributed by atoms with Crippen molar-refractivity contribution in [2.75, 3.05) is 52.3 Å². The Balaban J connectivity index is 2.04. The minimum absolute atomic E-state index is 0.0730. The number of amides is 1. The zero-order valence-corrected chi connectivity index (χ0v) is 12.6. The van der Waals surface area contributed by atoms with Crippen molar-refractivity contribution in [3.05, 3.63) is 0 Å². The highest BCUT2D eigenvalue weighted by Gasteiger charge is 2.40. The molecule has 2 aliphatic heterocycles. The Labute approximate surface area is 119 Å². The molecule has 116 valence electrons. The predicted molar refractivity (Wildman–Crippen MR) is 72.8 cm³/mol. The van der Waals surface area contributed by atoms with E-state index in [-0.39, 0.29) is 18.3 Å². The molecule has 0 radical (unpaired) electrons. The third kappa shape index (κ3) is 3.49. The lowest BCUT2D eigenvalue weighted by atomic mass is 10.2. The van der Waals surface area contributed by atoms with E-state index < -0.39 is 16.1 Å². The largest absolute Gasteiger partial charge is 0.384 e. The second-order valence-electron chi connectivity index (χ2n) is 5.02. The zero-order chi connectivity index (χ0) is 14.6. The van der Waals surface area contributed by atoms with Gasteiger partial charge >= 0.3 is 0 Å². The van der Waals surface area contributed by atoms with Gasteiger partial charge in [-0.2, -0.15) is 4.31 Å². The van der Waals surface area contributed by atoms with E-state index in [4.69, 9.17) is 9.47 Å². The number of nitrogens with zero attached hydrogens (tertiary/aromatic N) is 2. The monoisotopic (exact) mass is 306 g/mol. The van der Waals surface area contributed by atoms with Gasteiger partial charge < -0.3 is 14.4 Å². The molecule has 0 aromatic rings. The van der Waals surface area contributed by atoms with Crippen molar-refractivity contribution < 1.29 is 22.7 Å². The summed E-state index contributed by atoms with van der Waals surface area (Å²) in [6, 6.07) is -0.546. The van der Waals surface area contributed by atoms with Crippen molar-refractivity contribution >= 4 is 15.9 Å². The van der Waals surface area contributed by atoms with E-state index in [1.54, 1.807) is 4.90 Å².